The molecular weight excluding hydrogens is 292 g/mol. The van der Waals surface area contributed by atoms with Gasteiger partial charge in [-0.25, -0.2) is 19.7 Å². The molecule has 2 aromatic heterocycles. The normalized spacial score (nSPS) is 10.6. The molecule has 0 unspecified atom stereocenters. The summed E-state index contributed by atoms with van der Waals surface area (Å²) in [7, 11) is 0. The lowest BCUT2D eigenvalue weighted by Gasteiger charge is -2.04. The van der Waals surface area contributed by atoms with Crippen molar-refractivity contribution >= 4 is 17.7 Å². The average Bonchev–Trinajstić information content (AvgIpc) is 2.37. The Kier molecular flexibility index (Phi) is 4.69. The Hall–Kier alpha value is -2.22. The Morgan fingerprint density at radius 3 is 2.76 bits per heavy atom. The number of aromatic nitrogens is 4. The number of carboxylic acids is 1. The molecule has 7 nitrogen and oxygen atoms in total. The maximum Gasteiger partial charge on any atom is 0.354 e. The highest BCUT2D eigenvalue weighted by molar-refractivity contribution is 7.99. The largest absolute Gasteiger partial charge is 0.477 e. The van der Waals surface area contributed by atoms with Crippen molar-refractivity contribution in [3.05, 3.63) is 39.6 Å². The molecule has 0 saturated carbocycles. The topological polar surface area (TPSA) is 109 Å². The van der Waals surface area contributed by atoms with Crippen LogP contribution in [0, 0.1) is 6.92 Å². The number of hydrogen-bond donors (Lipinski definition) is 2. The first-order valence-electron chi connectivity index (χ1n) is 6.35. The van der Waals surface area contributed by atoms with Crippen LogP contribution in [-0.4, -0.2) is 31.0 Å². The highest BCUT2D eigenvalue weighted by Gasteiger charge is 2.11. The van der Waals surface area contributed by atoms with Gasteiger partial charge in [0, 0.05) is 17.5 Å². The van der Waals surface area contributed by atoms with Crippen LogP contribution in [0.25, 0.3) is 0 Å². The minimum absolute atomic E-state index is 0.0861. The minimum atomic E-state index is -1.12. The number of aromatic amines is 1. The standard InChI is InChI=1S/C13H14N4O3S/c1-3-4-8-6-10(18)17-13(15-8)21-12-14-7(2)5-9(16-12)11(19)20/h5-6H,3-4H2,1-2H3,(H,19,20)(H,15,17,18). The summed E-state index contributed by atoms with van der Waals surface area (Å²) in [5, 5.41) is 9.58. The SMILES string of the molecule is CCCc1cc(=O)[nH]c(Sc2nc(C)cc(C(=O)O)n2)n1. The van der Waals surface area contributed by atoms with Crippen LogP contribution >= 0.6 is 11.8 Å². The van der Waals surface area contributed by atoms with E-state index in [0.717, 1.165) is 18.2 Å². The van der Waals surface area contributed by atoms with E-state index in [1.54, 1.807) is 6.92 Å². The summed E-state index contributed by atoms with van der Waals surface area (Å²) < 4.78 is 0. The number of nitrogens with zero attached hydrogens (tertiary/aromatic N) is 3. The zero-order chi connectivity index (χ0) is 15.4. The Labute approximate surface area is 124 Å². The molecule has 2 heterocycles. The minimum Gasteiger partial charge on any atom is -0.477 e. The smallest absolute Gasteiger partial charge is 0.354 e. The first-order chi connectivity index (χ1) is 9.97. The molecule has 0 radical (unpaired) electrons. The monoisotopic (exact) mass is 306 g/mol. The van der Waals surface area contributed by atoms with Crippen molar-refractivity contribution < 1.29 is 9.90 Å². The van der Waals surface area contributed by atoms with Crippen LogP contribution in [-0.2, 0) is 6.42 Å². The van der Waals surface area contributed by atoms with Gasteiger partial charge in [0.15, 0.2) is 16.0 Å². The van der Waals surface area contributed by atoms with E-state index < -0.39 is 5.97 Å². The van der Waals surface area contributed by atoms with E-state index in [-0.39, 0.29) is 16.4 Å². The molecule has 0 amide bonds. The number of aromatic carboxylic acids is 1. The fourth-order valence-corrected chi connectivity index (χ4v) is 2.52. The van der Waals surface area contributed by atoms with E-state index in [1.165, 1.54) is 12.1 Å². The molecule has 0 aliphatic rings. The second kappa shape index (κ2) is 6.49. The molecule has 0 atom stereocenters. The van der Waals surface area contributed by atoms with Crippen LogP contribution in [0.3, 0.4) is 0 Å². The van der Waals surface area contributed by atoms with E-state index in [4.69, 9.17) is 5.11 Å². The van der Waals surface area contributed by atoms with Gasteiger partial charge in [-0.15, -0.1) is 0 Å². The maximum atomic E-state index is 11.6. The molecule has 0 saturated heterocycles. The van der Waals surface area contributed by atoms with Crippen molar-refractivity contribution in [2.45, 2.75) is 37.0 Å². The Balaban J connectivity index is 2.33. The van der Waals surface area contributed by atoms with Crippen molar-refractivity contribution in [1.82, 2.24) is 19.9 Å². The second-order valence-electron chi connectivity index (χ2n) is 4.38. The van der Waals surface area contributed by atoms with Gasteiger partial charge in [0.2, 0.25) is 0 Å². The number of nitrogens with one attached hydrogen (secondary N) is 1. The molecule has 0 aromatic carbocycles. The van der Waals surface area contributed by atoms with Crippen LogP contribution in [0.4, 0.5) is 0 Å². The molecule has 2 N–H and O–H groups in total. The molecule has 8 heteroatoms. The van der Waals surface area contributed by atoms with Crippen LogP contribution < -0.4 is 5.56 Å². The second-order valence-corrected chi connectivity index (χ2v) is 5.33. The van der Waals surface area contributed by atoms with Gasteiger partial charge < -0.3 is 10.1 Å². The van der Waals surface area contributed by atoms with Crippen LogP contribution in [0.1, 0.15) is 35.2 Å². The third-order valence-electron chi connectivity index (χ3n) is 2.52. The summed E-state index contributed by atoms with van der Waals surface area (Å²) in [6, 6.07) is 2.84. The van der Waals surface area contributed by atoms with Gasteiger partial charge in [0.25, 0.3) is 5.56 Å². The van der Waals surface area contributed by atoms with Gasteiger partial charge in [-0.3, -0.25) is 4.79 Å². The zero-order valence-corrected chi connectivity index (χ0v) is 12.4. The molecule has 0 aliphatic carbocycles. The molecule has 0 bridgehead atoms. The summed E-state index contributed by atoms with van der Waals surface area (Å²) in [5.41, 5.74) is 0.894. The first kappa shape index (κ1) is 15.2. The summed E-state index contributed by atoms with van der Waals surface area (Å²) in [4.78, 5) is 37.5. The van der Waals surface area contributed by atoms with Gasteiger partial charge in [0.1, 0.15) is 0 Å². The third kappa shape index (κ3) is 4.12. The lowest BCUT2D eigenvalue weighted by Crippen LogP contribution is -2.10. The maximum absolute atomic E-state index is 11.6. The van der Waals surface area contributed by atoms with Gasteiger partial charge in [-0.05, 0) is 31.2 Å². The Bertz CT molecular complexity index is 730. The number of rotatable bonds is 5. The molecule has 21 heavy (non-hydrogen) atoms. The van der Waals surface area contributed by atoms with Crippen molar-refractivity contribution in [2.24, 2.45) is 0 Å². The Morgan fingerprint density at radius 2 is 2.10 bits per heavy atom. The average molecular weight is 306 g/mol. The molecule has 0 spiro atoms. The van der Waals surface area contributed by atoms with Crippen molar-refractivity contribution in [1.29, 1.82) is 0 Å². The fraction of sp³-hybridized carbons (Fsp3) is 0.308. The summed E-state index contributed by atoms with van der Waals surface area (Å²) in [6.45, 7) is 3.68. The highest BCUT2D eigenvalue weighted by atomic mass is 32.2. The van der Waals surface area contributed by atoms with E-state index in [9.17, 15) is 9.59 Å². The molecule has 110 valence electrons. The van der Waals surface area contributed by atoms with Crippen molar-refractivity contribution in [2.75, 3.05) is 0 Å². The van der Waals surface area contributed by atoms with Crippen LogP contribution in [0.15, 0.2) is 27.2 Å². The van der Waals surface area contributed by atoms with E-state index in [1.807, 2.05) is 6.92 Å². The first-order valence-corrected chi connectivity index (χ1v) is 7.16. The molecule has 2 aromatic rings. The van der Waals surface area contributed by atoms with Gasteiger partial charge in [-0.2, -0.15) is 0 Å². The van der Waals surface area contributed by atoms with Gasteiger partial charge in [-0.1, -0.05) is 13.3 Å². The number of aryl methyl sites for hydroxylation is 2. The quantitative estimate of drug-likeness (QED) is 0.809. The molecule has 2 rings (SSSR count). The van der Waals surface area contributed by atoms with Gasteiger partial charge in [0.05, 0.1) is 0 Å². The van der Waals surface area contributed by atoms with E-state index in [0.29, 0.717) is 23.0 Å². The lowest BCUT2D eigenvalue weighted by molar-refractivity contribution is 0.0689. The number of H-pyrrole nitrogens is 1. The van der Waals surface area contributed by atoms with E-state index >= 15 is 0 Å². The zero-order valence-electron chi connectivity index (χ0n) is 11.6. The lowest BCUT2D eigenvalue weighted by atomic mass is 10.2. The highest BCUT2D eigenvalue weighted by Crippen LogP contribution is 2.21. The van der Waals surface area contributed by atoms with Crippen molar-refractivity contribution in [3.8, 4) is 0 Å². The van der Waals surface area contributed by atoms with Crippen LogP contribution in [0.2, 0.25) is 0 Å². The summed E-state index contributed by atoms with van der Waals surface area (Å²) in [6.07, 6.45) is 1.58. The Morgan fingerprint density at radius 1 is 1.33 bits per heavy atom. The summed E-state index contributed by atoms with van der Waals surface area (Å²) >= 11 is 1.04. The third-order valence-corrected chi connectivity index (χ3v) is 3.27. The summed E-state index contributed by atoms with van der Waals surface area (Å²) in [5.74, 6) is -1.12. The number of carboxylic acid groups (broad SMARTS) is 1. The molecule has 0 fully saturated rings. The van der Waals surface area contributed by atoms with E-state index in [2.05, 4.69) is 19.9 Å². The molecular formula is C13H14N4O3S. The number of carbonyl (C=O) groups is 1. The predicted octanol–water partition coefficient (Wildman–Crippen LogP) is 1.67. The molecule has 0 aliphatic heterocycles. The fourth-order valence-electron chi connectivity index (χ4n) is 1.70. The van der Waals surface area contributed by atoms with Crippen LogP contribution in [0.5, 0.6) is 0 Å². The van der Waals surface area contributed by atoms with Crippen molar-refractivity contribution in [3.63, 3.8) is 0 Å². The predicted molar refractivity (Wildman–Crippen MR) is 76.7 cm³/mol. The van der Waals surface area contributed by atoms with Gasteiger partial charge >= 0.3 is 5.97 Å². The number of hydrogen-bond acceptors (Lipinski definition) is 6.